The first-order valence-corrected chi connectivity index (χ1v) is 15.8. The van der Waals surface area contributed by atoms with Crippen LogP contribution in [-0.4, -0.2) is 87.3 Å². The molecular weight excluding hydrogens is 562 g/mol. The number of amides is 3. The standard InChI is InChI=1S/C26H32ClN5O5S2/c1-17-20(32-11-3-6-24(32)33)4-2-5-22(17)39(36,37)29-19(16-28-25(34)21-9-10-23(27)38-21)26(35)31-14-12-30(13-15-31)18-7-8-18/h2,4-5,9-10,18-19,29H,3,6-8,11-16H2,1H3,(H,28,34)/t19-/m0/s1. The van der Waals surface area contributed by atoms with Crippen molar-refractivity contribution in [2.45, 2.75) is 49.6 Å². The summed E-state index contributed by atoms with van der Waals surface area (Å²) < 4.78 is 30.3. The second kappa shape index (κ2) is 11.5. The second-order valence-corrected chi connectivity index (χ2v) is 13.5. The second-order valence-electron chi connectivity index (χ2n) is 10.1. The minimum absolute atomic E-state index is 0.00702. The number of piperazine rings is 1. The van der Waals surface area contributed by atoms with Crippen molar-refractivity contribution in [3.8, 4) is 0 Å². The zero-order chi connectivity index (χ0) is 27.7. The Labute approximate surface area is 237 Å². The lowest BCUT2D eigenvalue weighted by Crippen LogP contribution is -2.58. The first kappa shape index (κ1) is 28.0. The first-order valence-electron chi connectivity index (χ1n) is 13.1. The van der Waals surface area contributed by atoms with Crippen LogP contribution in [0.2, 0.25) is 4.34 Å². The van der Waals surface area contributed by atoms with Crippen LogP contribution in [0.3, 0.4) is 0 Å². The monoisotopic (exact) mass is 593 g/mol. The molecule has 2 aliphatic heterocycles. The molecule has 0 unspecified atom stereocenters. The van der Waals surface area contributed by atoms with Gasteiger partial charge in [0.2, 0.25) is 21.8 Å². The Morgan fingerprint density at radius 1 is 1.10 bits per heavy atom. The van der Waals surface area contributed by atoms with E-state index in [0.29, 0.717) is 59.0 Å². The third-order valence-electron chi connectivity index (χ3n) is 7.46. The molecule has 1 aliphatic carbocycles. The van der Waals surface area contributed by atoms with Gasteiger partial charge in [0.25, 0.3) is 5.91 Å². The average Bonchev–Trinajstić information content (AvgIpc) is 3.54. The van der Waals surface area contributed by atoms with Crippen LogP contribution in [-0.2, 0) is 19.6 Å². The number of carbonyl (C=O) groups excluding carboxylic acids is 3. The van der Waals surface area contributed by atoms with Crippen molar-refractivity contribution in [3.05, 3.63) is 45.1 Å². The van der Waals surface area contributed by atoms with Crippen LogP contribution >= 0.6 is 22.9 Å². The van der Waals surface area contributed by atoms with Gasteiger partial charge in [-0.05, 0) is 56.0 Å². The predicted octanol–water partition coefficient (Wildman–Crippen LogP) is 2.22. The van der Waals surface area contributed by atoms with Gasteiger partial charge in [-0.1, -0.05) is 17.7 Å². The fraction of sp³-hybridized carbons (Fsp3) is 0.500. The summed E-state index contributed by atoms with van der Waals surface area (Å²) in [6.07, 6.45) is 3.49. The Hall–Kier alpha value is -2.51. The molecule has 0 radical (unpaired) electrons. The van der Waals surface area contributed by atoms with Crippen molar-refractivity contribution in [2.24, 2.45) is 0 Å². The number of carbonyl (C=O) groups is 3. The van der Waals surface area contributed by atoms with Gasteiger partial charge in [-0.3, -0.25) is 19.3 Å². The maximum absolute atomic E-state index is 13.6. The number of anilines is 1. The van der Waals surface area contributed by atoms with E-state index in [0.717, 1.165) is 24.4 Å². The van der Waals surface area contributed by atoms with Crippen molar-refractivity contribution in [2.75, 3.05) is 44.2 Å². The first-order chi connectivity index (χ1) is 18.6. The number of halogens is 1. The SMILES string of the molecule is Cc1c(N2CCCC2=O)cccc1S(=O)(=O)N[C@@H](CNC(=O)c1ccc(Cl)s1)C(=O)N1CCN(C2CC2)CC1. The molecule has 3 heterocycles. The molecular formula is C26H32ClN5O5S2. The largest absolute Gasteiger partial charge is 0.349 e. The van der Waals surface area contributed by atoms with Gasteiger partial charge in [-0.2, -0.15) is 4.72 Å². The highest BCUT2D eigenvalue weighted by Gasteiger charge is 2.36. The molecule has 5 rings (SSSR count). The Bertz CT molecular complexity index is 1370. The van der Waals surface area contributed by atoms with Crippen LogP contribution in [0.4, 0.5) is 5.69 Å². The van der Waals surface area contributed by atoms with Gasteiger partial charge in [0.15, 0.2) is 0 Å². The minimum atomic E-state index is -4.18. The molecule has 1 aromatic carbocycles. The molecule has 2 N–H and O–H groups in total. The van der Waals surface area contributed by atoms with Crippen molar-refractivity contribution in [1.29, 1.82) is 0 Å². The summed E-state index contributed by atoms with van der Waals surface area (Å²) in [5.74, 6) is -0.870. The highest BCUT2D eigenvalue weighted by molar-refractivity contribution is 7.89. The van der Waals surface area contributed by atoms with E-state index >= 15 is 0 Å². The molecule has 1 saturated carbocycles. The number of rotatable bonds is 9. The number of hydrogen-bond acceptors (Lipinski definition) is 7. The van der Waals surface area contributed by atoms with Crippen LogP contribution in [0.1, 0.15) is 40.9 Å². The van der Waals surface area contributed by atoms with Gasteiger partial charge < -0.3 is 15.1 Å². The predicted molar refractivity (Wildman–Crippen MR) is 150 cm³/mol. The van der Waals surface area contributed by atoms with Gasteiger partial charge in [-0.15, -0.1) is 11.3 Å². The van der Waals surface area contributed by atoms with E-state index < -0.39 is 22.0 Å². The lowest BCUT2D eigenvalue weighted by atomic mass is 10.2. The molecule has 13 heteroatoms. The lowest BCUT2D eigenvalue weighted by molar-refractivity contribution is -0.134. The van der Waals surface area contributed by atoms with Crippen LogP contribution in [0.25, 0.3) is 0 Å². The maximum Gasteiger partial charge on any atom is 0.261 e. The number of thiophene rings is 1. The van der Waals surface area contributed by atoms with E-state index in [1.807, 2.05) is 0 Å². The number of benzene rings is 1. The molecule has 10 nitrogen and oxygen atoms in total. The quantitative estimate of drug-likeness (QED) is 0.460. The van der Waals surface area contributed by atoms with E-state index in [9.17, 15) is 22.8 Å². The molecule has 210 valence electrons. The van der Waals surface area contributed by atoms with Crippen LogP contribution in [0.15, 0.2) is 35.2 Å². The van der Waals surface area contributed by atoms with Gasteiger partial charge in [0.1, 0.15) is 6.04 Å². The molecule has 3 fully saturated rings. The fourth-order valence-corrected chi connectivity index (χ4v) is 7.62. The summed E-state index contributed by atoms with van der Waals surface area (Å²) in [6, 6.07) is 7.35. The normalized spacial score (nSPS) is 19.4. The van der Waals surface area contributed by atoms with Gasteiger partial charge in [0.05, 0.1) is 14.1 Å². The molecule has 3 aliphatic rings. The Kier molecular flexibility index (Phi) is 8.29. The zero-order valence-corrected chi connectivity index (χ0v) is 24.1. The summed E-state index contributed by atoms with van der Waals surface area (Å²) in [5.41, 5.74) is 0.976. The summed E-state index contributed by atoms with van der Waals surface area (Å²) in [6.45, 7) is 4.43. The highest BCUT2D eigenvalue weighted by Crippen LogP contribution is 2.30. The number of nitrogens with zero attached hydrogens (tertiary/aromatic N) is 3. The third kappa shape index (κ3) is 6.30. The Balaban J connectivity index is 1.35. The third-order valence-corrected chi connectivity index (χ3v) is 10.3. The number of nitrogens with one attached hydrogen (secondary N) is 2. The van der Waals surface area contributed by atoms with Crippen molar-refractivity contribution < 1.29 is 22.8 Å². The topological polar surface area (TPSA) is 119 Å². The smallest absolute Gasteiger partial charge is 0.261 e. The molecule has 2 saturated heterocycles. The molecule has 1 aromatic heterocycles. The van der Waals surface area contributed by atoms with E-state index in [1.54, 1.807) is 41.0 Å². The number of hydrogen-bond donors (Lipinski definition) is 2. The van der Waals surface area contributed by atoms with Crippen LogP contribution in [0, 0.1) is 6.92 Å². The summed E-state index contributed by atoms with van der Waals surface area (Å²) in [7, 11) is -4.18. The maximum atomic E-state index is 13.6. The Morgan fingerprint density at radius 3 is 2.46 bits per heavy atom. The molecule has 1 atom stereocenters. The van der Waals surface area contributed by atoms with Crippen LogP contribution in [0.5, 0.6) is 0 Å². The van der Waals surface area contributed by atoms with Crippen molar-refractivity contribution in [1.82, 2.24) is 19.8 Å². The van der Waals surface area contributed by atoms with Gasteiger partial charge in [0, 0.05) is 57.4 Å². The highest BCUT2D eigenvalue weighted by atomic mass is 35.5. The molecule has 3 amide bonds. The zero-order valence-electron chi connectivity index (χ0n) is 21.7. The Morgan fingerprint density at radius 2 is 1.85 bits per heavy atom. The van der Waals surface area contributed by atoms with Gasteiger partial charge in [-0.25, -0.2) is 8.42 Å². The van der Waals surface area contributed by atoms with Crippen LogP contribution < -0.4 is 14.9 Å². The summed E-state index contributed by atoms with van der Waals surface area (Å²) in [4.78, 5) is 44.6. The van der Waals surface area contributed by atoms with Crippen molar-refractivity contribution in [3.63, 3.8) is 0 Å². The molecule has 2 aromatic rings. The molecule has 0 spiro atoms. The molecule has 39 heavy (non-hydrogen) atoms. The summed E-state index contributed by atoms with van der Waals surface area (Å²) >= 11 is 7.05. The van der Waals surface area contributed by atoms with E-state index in [-0.39, 0.29) is 23.3 Å². The molecule has 0 bridgehead atoms. The lowest BCUT2D eigenvalue weighted by Gasteiger charge is -2.36. The van der Waals surface area contributed by atoms with Gasteiger partial charge >= 0.3 is 0 Å². The van der Waals surface area contributed by atoms with Crippen molar-refractivity contribution >= 4 is 56.4 Å². The van der Waals surface area contributed by atoms with E-state index in [4.69, 9.17) is 11.6 Å². The number of sulfonamides is 1. The fourth-order valence-electron chi connectivity index (χ4n) is 5.21. The minimum Gasteiger partial charge on any atom is -0.349 e. The van der Waals surface area contributed by atoms with E-state index in [1.165, 1.54) is 18.9 Å². The van der Waals surface area contributed by atoms with E-state index in [2.05, 4.69) is 14.9 Å². The summed E-state index contributed by atoms with van der Waals surface area (Å²) in [5, 5.41) is 2.70. The average molecular weight is 594 g/mol.